The zero-order valence-corrected chi connectivity index (χ0v) is 34.0. The first-order valence-corrected chi connectivity index (χ1v) is 20.8. The molecule has 2 aliphatic heterocycles. The van der Waals surface area contributed by atoms with Gasteiger partial charge in [0.15, 0.2) is 0 Å². The van der Waals surface area contributed by atoms with Crippen LogP contribution < -0.4 is 9.47 Å². The van der Waals surface area contributed by atoms with E-state index in [9.17, 15) is 33.9 Å². The van der Waals surface area contributed by atoms with Crippen molar-refractivity contribution in [2.24, 2.45) is 10.9 Å². The number of benzene rings is 2. The summed E-state index contributed by atoms with van der Waals surface area (Å²) in [4.78, 5) is 19.2. The van der Waals surface area contributed by atoms with Gasteiger partial charge in [-0.3, -0.25) is 18.1 Å². The Kier molecular flexibility index (Phi) is 13.9. The fourth-order valence-corrected chi connectivity index (χ4v) is 8.62. The number of halogens is 2. The molecule has 0 bridgehead atoms. The van der Waals surface area contributed by atoms with Gasteiger partial charge >= 0.3 is 7.40 Å². The van der Waals surface area contributed by atoms with Crippen LogP contribution in [0.15, 0.2) is 89.7 Å². The van der Waals surface area contributed by atoms with E-state index >= 15 is 0 Å². The monoisotopic (exact) mass is 826 g/mol. The van der Waals surface area contributed by atoms with E-state index in [2.05, 4.69) is 10.3 Å². The summed E-state index contributed by atoms with van der Waals surface area (Å²) in [6.07, 6.45) is 9.27. The number of unbranched alkanes of at least 4 members (excludes halogenated alkanes) is 5. The fourth-order valence-electron chi connectivity index (χ4n) is 8.62. The normalized spacial score (nSPS) is 22.7. The van der Waals surface area contributed by atoms with Gasteiger partial charge in [-0.2, -0.15) is 0 Å². The lowest BCUT2D eigenvalue weighted by molar-refractivity contribution is -0.127. The number of aliphatic hydroxyl groups excluding tert-OH is 4. The summed E-state index contributed by atoms with van der Waals surface area (Å²) in [6, 6.07) is 17.2. The third-order valence-corrected chi connectivity index (χ3v) is 11.9. The number of likely N-dealkylation sites (tertiary alicyclic amines) is 1. The molecule has 2 fully saturated rings. The van der Waals surface area contributed by atoms with Crippen LogP contribution in [-0.4, -0.2) is 115 Å². The van der Waals surface area contributed by atoms with Crippen LogP contribution in [0.5, 0.6) is 11.5 Å². The lowest BCUT2D eigenvalue weighted by Gasteiger charge is -2.31. The van der Waals surface area contributed by atoms with Crippen LogP contribution in [0.25, 0.3) is 16.8 Å². The average molecular weight is 827 g/mol. The van der Waals surface area contributed by atoms with Crippen LogP contribution in [0, 0.1) is 5.92 Å². The number of allylic oxidation sites excluding steroid dienone is 3. The number of nitrogens with zero attached hydrogens (tertiary/aromatic N) is 6. The van der Waals surface area contributed by atoms with Crippen molar-refractivity contribution in [1.82, 2.24) is 24.4 Å². The minimum atomic E-state index is -2.78. The van der Waals surface area contributed by atoms with Crippen LogP contribution >= 0.6 is 0 Å². The zero-order valence-electron chi connectivity index (χ0n) is 34.0. The van der Waals surface area contributed by atoms with E-state index < -0.39 is 43.7 Å². The molecule has 13 nitrogen and oxygen atoms in total. The van der Waals surface area contributed by atoms with Gasteiger partial charge in [0.05, 0.1) is 56.1 Å². The van der Waals surface area contributed by atoms with Crippen molar-refractivity contribution < 1.29 is 43.3 Å². The highest BCUT2D eigenvalue weighted by Gasteiger charge is 2.65. The molecule has 0 unspecified atom stereocenters. The molecule has 1 saturated carbocycles. The number of methoxy groups -OCH3 is 2. The van der Waals surface area contributed by atoms with E-state index in [0.717, 1.165) is 64.9 Å². The van der Waals surface area contributed by atoms with E-state index in [4.69, 9.17) is 14.5 Å². The number of aryl methyl sites for hydroxylation is 2. The maximum atomic E-state index is 14.9. The first-order chi connectivity index (χ1) is 29.1. The lowest BCUT2D eigenvalue weighted by Crippen LogP contribution is -2.52. The second-order valence-electron chi connectivity index (χ2n) is 15.7. The standard InChI is InChI=1S/C44H53BF2N6O7/c1-59-31-17-13-28(14-18-31)35-21-22-36(48-35)33(38-24-23-37(53(38)45(46)47)29-15-19-32(60-2)20-16-29)11-8-7-10-30-26-51(50-49-30)25-9-5-3-4-6-12-39(55)52-40-34(27-54)42(56)44(58)43(57)41(40)52/h13-24,26,34,40-44,54,56-58H,3-12,25,27H2,1-2H3/b36-33-/t34-,40+,41+,42+,43-,44-,52?/m0/s1. The molecule has 4 heterocycles. The summed E-state index contributed by atoms with van der Waals surface area (Å²) >= 11 is 0. The van der Waals surface area contributed by atoms with Crippen molar-refractivity contribution in [3.63, 3.8) is 0 Å². The molecule has 1 saturated heterocycles. The maximum absolute atomic E-state index is 14.9. The summed E-state index contributed by atoms with van der Waals surface area (Å²) in [5, 5.41) is 48.9. The smallest absolute Gasteiger partial charge is 0.497 e. The number of aliphatic hydroxyl groups is 4. The van der Waals surface area contributed by atoms with Crippen molar-refractivity contribution in [3.05, 3.63) is 102 Å². The van der Waals surface area contributed by atoms with Gasteiger partial charge in [0.2, 0.25) is 5.91 Å². The molecule has 0 spiro atoms. The lowest BCUT2D eigenvalue weighted by atomic mass is 9.83. The number of amides is 1. The van der Waals surface area contributed by atoms with Crippen molar-refractivity contribution in [2.45, 2.75) is 101 Å². The van der Waals surface area contributed by atoms with Crippen LogP contribution in [0.1, 0.15) is 74.7 Å². The Morgan fingerprint density at radius 1 is 0.767 bits per heavy atom. The third kappa shape index (κ3) is 9.41. The van der Waals surface area contributed by atoms with Gasteiger partial charge < -0.3 is 39.3 Å². The molecule has 1 aliphatic carbocycles. The number of rotatable bonds is 20. The number of carbonyl (C=O) groups excluding carboxylic acids is 1. The average Bonchev–Trinajstić information content (AvgIpc) is 3.62. The molecule has 60 heavy (non-hydrogen) atoms. The Labute approximate surface area is 348 Å². The largest absolute Gasteiger partial charge is 0.678 e. The van der Waals surface area contributed by atoms with Gasteiger partial charge in [0.1, 0.15) is 23.7 Å². The molecule has 4 aromatic rings. The number of aromatic nitrogens is 4. The minimum Gasteiger partial charge on any atom is -0.497 e. The molecule has 16 heteroatoms. The van der Waals surface area contributed by atoms with E-state index in [0.29, 0.717) is 67.0 Å². The van der Waals surface area contributed by atoms with E-state index in [1.54, 1.807) is 50.6 Å². The molecular formula is C44H53BF2N6O7. The molecule has 4 N–H and O–H groups in total. The van der Waals surface area contributed by atoms with Gasteiger partial charge in [-0.25, -0.2) is 4.99 Å². The van der Waals surface area contributed by atoms with Crippen molar-refractivity contribution in [1.29, 1.82) is 0 Å². The molecule has 2 aromatic heterocycles. The Balaban J connectivity index is 0.911. The van der Waals surface area contributed by atoms with E-state index in [1.165, 1.54) is 4.90 Å². The highest BCUT2D eigenvalue weighted by atomic mass is 19.2. The second kappa shape index (κ2) is 19.5. The predicted molar refractivity (Wildman–Crippen MR) is 224 cm³/mol. The molecule has 6 atom stereocenters. The van der Waals surface area contributed by atoms with Crippen LogP contribution in [0.4, 0.5) is 8.63 Å². The zero-order chi connectivity index (χ0) is 42.3. The highest BCUT2D eigenvalue weighted by molar-refractivity contribution is 6.42. The molecule has 7 rings (SSSR count). The summed E-state index contributed by atoms with van der Waals surface area (Å²) in [5.41, 5.74) is 5.37. The summed E-state index contributed by atoms with van der Waals surface area (Å²) in [6.45, 7) is 0.353. The summed E-state index contributed by atoms with van der Waals surface area (Å²) < 4.78 is 43.4. The molecule has 2 aromatic carbocycles. The second-order valence-corrected chi connectivity index (χ2v) is 15.7. The van der Waals surface area contributed by atoms with Crippen molar-refractivity contribution in [3.8, 4) is 22.8 Å². The Morgan fingerprint density at radius 3 is 2.12 bits per heavy atom. The first kappa shape index (κ1) is 43.0. The highest BCUT2D eigenvalue weighted by Crippen LogP contribution is 2.45. The number of hydrogen-bond donors (Lipinski definition) is 4. The van der Waals surface area contributed by atoms with Crippen LogP contribution in [0.2, 0.25) is 0 Å². The van der Waals surface area contributed by atoms with Crippen LogP contribution in [-0.2, 0) is 17.8 Å². The minimum absolute atomic E-state index is 0.129. The summed E-state index contributed by atoms with van der Waals surface area (Å²) in [7, 11) is 0.398. The van der Waals surface area contributed by atoms with Crippen molar-refractivity contribution in [2.75, 3.05) is 20.8 Å². The molecular weight excluding hydrogens is 773 g/mol. The van der Waals surface area contributed by atoms with Gasteiger partial charge in [-0.15, -0.1) is 5.10 Å². The fraction of sp³-hybridized carbons (Fsp3) is 0.455. The van der Waals surface area contributed by atoms with Gasteiger partial charge in [-0.1, -0.05) is 24.5 Å². The Bertz CT molecular complexity index is 2170. The molecule has 3 aliphatic rings. The van der Waals surface area contributed by atoms with Gasteiger partial charge in [0.25, 0.3) is 0 Å². The molecule has 1 amide bonds. The first-order valence-electron chi connectivity index (χ1n) is 20.8. The maximum Gasteiger partial charge on any atom is 0.678 e. The predicted octanol–water partition coefficient (Wildman–Crippen LogP) is 5.34. The summed E-state index contributed by atoms with van der Waals surface area (Å²) in [5.74, 6) is 0.589. The third-order valence-electron chi connectivity index (χ3n) is 11.9. The SMILES string of the molecule is COc1ccc(C2=N/C(=C(/CCCCc3cn(CCCCCCCC(=O)N4[C@@H]5[C@H](CO)[C@@H](O)[C@H](O)[C@@H](O)[C@@H]54)nn3)c3ccc(-c4ccc(OC)cc4)n3B(F)F)C=C2)cc1. The van der Waals surface area contributed by atoms with Gasteiger partial charge in [-0.05, 0) is 117 Å². The number of ether oxygens (including phenoxy) is 2. The topological polar surface area (TPSA) is 167 Å². The number of hydrogen-bond acceptors (Lipinski definition) is 10. The van der Waals surface area contributed by atoms with Crippen molar-refractivity contribution >= 4 is 24.6 Å². The molecule has 318 valence electrons. The van der Waals surface area contributed by atoms with E-state index in [-0.39, 0.29) is 12.5 Å². The number of fused-ring (bicyclic) bond motifs is 1. The Morgan fingerprint density at radius 2 is 1.43 bits per heavy atom. The van der Waals surface area contributed by atoms with Gasteiger partial charge in [0, 0.05) is 47.6 Å². The Hall–Kier alpha value is -5.16. The number of aliphatic imine (C=N–C) groups is 1. The number of carbonyl (C=O) groups is 1. The quantitative estimate of drug-likeness (QED) is 0.0523. The van der Waals surface area contributed by atoms with Crippen LogP contribution in [0.3, 0.4) is 0 Å². The molecule has 0 radical (unpaired) electrons. The van der Waals surface area contributed by atoms with E-state index in [1.807, 2.05) is 47.3 Å².